The highest BCUT2D eigenvalue weighted by atomic mass is 35.5. The summed E-state index contributed by atoms with van der Waals surface area (Å²) in [5.74, 6) is -0.567. The van der Waals surface area contributed by atoms with Crippen LogP contribution in [0.2, 0.25) is 5.02 Å². The van der Waals surface area contributed by atoms with Gasteiger partial charge in [-0.3, -0.25) is 24.0 Å². The van der Waals surface area contributed by atoms with Crippen LogP contribution < -0.4 is 17.0 Å². The van der Waals surface area contributed by atoms with Crippen LogP contribution in [0.15, 0.2) is 33.9 Å². The summed E-state index contributed by atoms with van der Waals surface area (Å²) in [5.41, 5.74) is 5.32. The van der Waals surface area contributed by atoms with Crippen molar-refractivity contribution in [1.82, 2.24) is 14.5 Å². The molecule has 3 N–H and O–H groups in total. The largest absolute Gasteiger partial charge is 0.384 e. The highest BCUT2D eigenvalue weighted by Crippen LogP contribution is 2.36. The molecule has 1 aromatic carbocycles. The molecule has 0 amide bonds. The van der Waals surface area contributed by atoms with Crippen molar-refractivity contribution in [2.24, 2.45) is 0 Å². The smallest absolute Gasteiger partial charge is 0.330 e. The molecule has 1 heterocycles. The summed E-state index contributed by atoms with van der Waals surface area (Å²) in [6.07, 6.45) is 1.95. The van der Waals surface area contributed by atoms with Gasteiger partial charge in [-0.05, 0) is 31.4 Å². The van der Waals surface area contributed by atoms with Crippen LogP contribution in [0.4, 0.5) is 5.82 Å². The minimum atomic E-state index is -0.771. The minimum Gasteiger partial charge on any atom is -0.384 e. The summed E-state index contributed by atoms with van der Waals surface area (Å²) in [6.45, 7) is 2.36. The van der Waals surface area contributed by atoms with Crippen molar-refractivity contribution in [2.45, 2.75) is 38.4 Å². The first-order chi connectivity index (χ1) is 13.8. The van der Waals surface area contributed by atoms with E-state index in [-0.39, 0.29) is 43.2 Å². The molecule has 9 heteroatoms. The lowest BCUT2D eigenvalue weighted by atomic mass is 10.1. The number of nitrogen functional groups attached to an aromatic ring is 1. The maximum absolute atomic E-state index is 13.1. The van der Waals surface area contributed by atoms with E-state index in [1.165, 1.54) is 7.11 Å². The third-order valence-corrected chi connectivity index (χ3v) is 5.58. The first-order valence-electron chi connectivity index (χ1n) is 9.50. The summed E-state index contributed by atoms with van der Waals surface area (Å²) < 4.78 is 6.12. The Morgan fingerprint density at radius 3 is 2.69 bits per heavy atom. The van der Waals surface area contributed by atoms with Crippen molar-refractivity contribution >= 4 is 23.2 Å². The van der Waals surface area contributed by atoms with E-state index >= 15 is 0 Å². The van der Waals surface area contributed by atoms with Crippen molar-refractivity contribution in [3.8, 4) is 0 Å². The number of methoxy groups -OCH3 is 1. The summed E-state index contributed by atoms with van der Waals surface area (Å²) in [5, 5.41) is 0.628. The molecule has 1 aliphatic rings. The molecule has 0 saturated heterocycles. The van der Waals surface area contributed by atoms with Gasteiger partial charge < -0.3 is 10.5 Å². The number of Topliss-reactive ketones (excluding diaryl/α,β-unsaturated/α-hetero) is 1. The molecular weight excluding hydrogens is 396 g/mol. The summed E-state index contributed by atoms with van der Waals surface area (Å²) in [4.78, 5) is 41.7. The molecule has 1 aliphatic carbocycles. The number of hydrogen-bond donors (Lipinski definition) is 2. The van der Waals surface area contributed by atoms with Gasteiger partial charge >= 0.3 is 5.69 Å². The Kier molecular flexibility index (Phi) is 6.56. The van der Waals surface area contributed by atoms with Gasteiger partial charge in [0.25, 0.3) is 5.56 Å². The molecule has 1 fully saturated rings. The topological polar surface area (TPSA) is 110 Å². The van der Waals surface area contributed by atoms with Crippen LogP contribution in [0.1, 0.15) is 41.7 Å². The summed E-state index contributed by atoms with van der Waals surface area (Å²) in [7, 11) is 1.49. The average molecular weight is 421 g/mol. The number of benzene rings is 1. The number of halogens is 1. The highest BCUT2D eigenvalue weighted by molar-refractivity contribution is 6.31. The number of hydrogen-bond acceptors (Lipinski definition) is 6. The third kappa shape index (κ3) is 4.60. The van der Waals surface area contributed by atoms with Crippen molar-refractivity contribution < 1.29 is 9.53 Å². The van der Waals surface area contributed by atoms with Crippen molar-refractivity contribution in [1.29, 1.82) is 0 Å². The van der Waals surface area contributed by atoms with E-state index in [4.69, 9.17) is 22.1 Å². The number of anilines is 1. The molecule has 2 aromatic rings. The lowest BCUT2D eigenvalue weighted by Gasteiger charge is -2.29. The number of nitrogens with two attached hydrogens (primary N) is 1. The number of aromatic amines is 1. The van der Waals surface area contributed by atoms with Crippen LogP contribution in [0.3, 0.4) is 0 Å². The van der Waals surface area contributed by atoms with Gasteiger partial charge in [-0.25, -0.2) is 4.79 Å². The minimum absolute atomic E-state index is 0.00676. The molecule has 0 radical (unpaired) electrons. The normalized spacial score (nSPS) is 14.9. The van der Waals surface area contributed by atoms with Crippen LogP contribution in [-0.2, 0) is 11.3 Å². The van der Waals surface area contributed by atoms with E-state index in [1.807, 2.05) is 36.1 Å². The molecule has 1 unspecified atom stereocenters. The number of aromatic nitrogens is 2. The van der Waals surface area contributed by atoms with Gasteiger partial charge in [0.2, 0.25) is 0 Å². The molecule has 0 spiro atoms. The standard InChI is InChI=1S/C20H25ClN4O4/c1-12(14-5-3-4-6-15(14)21)25(13-7-8-13)11-16(26)17-18(22)24(9-10-29-2)20(28)23-19(17)27/h3-6,12-13H,7-11,22H2,1-2H3,(H,23,27,28). The maximum Gasteiger partial charge on any atom is 0.330 e. The fourth-order valence-electron chi connectivity index (χ4n) is 3.49. The Morgan fingerprint density at radius 1 is 1.38 bits per heavy atom. The van der Waals surface area contributed by atoms with Gasteiger partial charge in [0.15, 0.2) is 5.78 Å². The zero-order valence-corrected chi connectivity index (χ0v) is 17.2. The second-order valence-electron chi connectivity index (χ2n) is 7.19. The van der Waals surface area contributed by atoms with Crippen LogP contribution in [-0.4, -0.2) is 46.5 Å². The van der Waals surface area contributed by atoms with E-state index < -0.39 is 17.0 Å². The Morgan fingerprint density at radius 2 is 2.07 bits per heavy atom. The molecule has 8 nitrogen and oxygen atoms in total. The van der Waals surface area contributed by atoms with Crippen LogP contribution in [0, 0.1) is 0 Å². The molecule has 29 heavy (non-hydrogen) atoms. The van der Waals surface area contributed by atoms with Crippen LogP contribution in [0.5, 0.6) is 0 Å². The molecule has 0 aliphatic heterocycles. The lowest BCUT2D eigenvalue weighted by Crippen LogP contribution is -2.40. The zero-order chi connectivity index (χ0) is 21.1. The number of carbonyl (C=O) groups is 1. The molecule has 156 valence electrons. The van der Waals surface area contributed by atoms with E-state index in [9.17, 15) is 14.4 Å². The highest BCUT2D eigenvalue weighted by Gasteiger charge is 2.35. The predicted molar refractivity (Wildman–Crippen MR) is 112 cm³/mol. The first kappa shape index (κ1) is 21.3. The van der Waals surface area contributed by atoms with E-state index in [0.29, 0.717) is 5.02 Å². The maximum atomic E-state index is 13.1. The second-order valence-corrected chi connectivity index (χ2v) is 7.60. The van der Waals surface area contributed by atoms with Crippen molar-refractivity contribution in [3.05, 3.63) is 61.3 Å². The summed E-state index contributed by atoms with van der Waals surface area (Å²) >= 11 is 6.34. The van der Waals surface area contributed by atoms with E-state index in [2.05, 4.69) is 4.98 Å². The molecule has 3 rings (SSSR count). The Bertz CT molecular complexity index is 1010. The molecule has 1 saturated carbocycles. The lowest BCUT2D eigenvalue weighted by molar-refractivity contribution is 0.0886. The van der Waals surface area contributed by atoms with Crippen LogP contribution in [0.25, 0.3) is 0 Å². The summed E-state index contributed by atoms with van der Waals surface area (Å²) in [6, 6.07) is 7.63. The molecule has 1 aromatic heterocycles. The number of ketones is 1. The molecule has 1 atom stereocenters. The number of H-pyrrole nitrogens is 1. The Balaban J connectivity index is 1.91. The molecule has 0 bridgehead atoms. The van der Waals surface area contributed by atoms with E-state index in [1.54, 1.807) is 0 Å². The fourth-order valence-corrected chi connectivity index (χ4v) is 3.78. The quantitative estimate of drug-likeness (QED) is 0.599. The van der Waals surface area contributed by atoms with Gasteiger partial charge in [0, 0.05) is 24.2 Å². The Labute approximate surface area is 173 Å². The Hall–Kier alpha value is -2.42. The SMILES string of the molecule is COCCn1c(N)c(C(=O)CN(C2CC2)C(C)c2ccccc2Cl)c(=O)[nH]c1=O. The fraction of sp³-hybridized carbons (Fsp3) is 0.450. The number of nitrogens with one attached hydrogen (secondary N) is 1. The monoisotopic (exact) mass is 420 g/mol. The van der Waals surface area contributed by atoms with Crippen molar-refractivity contribution in [3.63, 3.8) is 0 Å². The van der Waals surface area contributed by atoms with Gasteiger partial charge in [-0.15, -0.1) is 0 Å². The second kappa shape index (κ2) is 8.94. The number of ether oxygens (including phenoxy) is 1. The molecular formula is C20H25ClN4O4. The van der Waals surface area contributed by atoms with E-state index in [0.717, 1.165) is 23.0 Å². The van der Waals surface area contributed by atoms with Gasteiger partial charge in [0.1, 0.15) is 11.4 Å². The van der Waals surface area contributed by atoms with Gasteiger partial charge in [-0.2, -0.15) is 0 Å². The predicted octanol–water partition coefficient (Wildman–Crippen LogP) is 1.83. The van der Waals surface area contributed by atoms with Crippen LogP contribution >= 0.6 is 11.6 Å². The number of carbonyl (C=O) groups excluding carboxylic acids is 1. The third-order valence-electron chi connectivity index (χ3n) is 5.23. The van der Waals surface area contributed by atoms with Gasteiger partial charge in [-0.1, -0.05) is 29.8 Å². The first-order valence-corrected chi connectivity index (χ1v) is 9.87. The number of nitrogens with zero attached hydrogens (tertiary/aromatic N) is 2. The van der Waals surface area contributed by atoms with Gasteiger partial charge in [0.05, 0.1) is 19.7 Å². The zero-order valence-electron chi connectivity index (χ0n) is 16.5. The number of rotatable bonds is 9. The van der Waals surface area contributed by atoms with Crippen molar-refractivity contribution in [2.75, 3.05) is 26.0 Å². The average Bonchev–Trinajstić information content (AvgIpc) is 3.50.